The normalized spacial score (nSPS) is 14.5. The van der Waals surface area contributed by atoms with E-state index in [4.69, 9.17) is 4.74 Å². The zero-order valence-corrected chi connectivity index (χ0v) is 10.9. The lowest BCUT2D eigenvalue weighted by atomic mass is 10.0. The summed E-state index contributed by atoms with van der Waals surface area (Å²) >= 11 is 0. The number of phenolic OH excluding ortho intramolecular Hbond substituents is 1. The van der Waals surface area contributed by atoms with E-state index in [-0.39, 0.29) is 0 Å². The van der Waals surface area contributed by atoms with Crippen molar-refractivity contribution >= 4 is 0 Å². The van der Waals surface area contributed by atoms with Gasteiger partial charge in [0.2, 0.25) is 0 Å². The molecule has 0 bridgehead atoms. The van der Waals surface area contributed by atoms with E-state index in [9.17, 15) is 5.11 Å². The molecule has 1 aromatic rings. The van der Waals surface area contributed by atoms with E-state index in [1.165, 1.54) is 5.56 Å². The topological polar surface area (TPSA) is 41.5 Å². The first-order valence-corrected chi connectivity index (χ1v) is 6.30. The molecule has 2 unspecified atom stereocenters. The minimum Gasteiger partial charge on any atom is -0.508 e. The molecule has 0 fully saturated rings. The van der Waals surface area contributed by atoms with Crippen LogP contribution in [0.3, 0.4) is 0 Å². The van der Waals surface area contributed by atoms with E-state index in [0.717, 1.165) is 19.6 Å². The summed E-state index contributed by atoms with van der Waals surface area (Å²) < 4.78 is 5.39. The second kappa shape index (κ2) is 7.30. The number of aromatic hydroxyl groups is 1. The molecule has 96 valence electrons. The van der Waals surface area contributed by atoms with E-state index in [0.29, 0.717) is 17.8 Å². The highest BCUT2D eigenvalue weighted by atomic mass is 16.5. The Balaban J connectivity index is 2.56. The van der Waals surface area contributed by atoms with Crippen LogP contribution in [0, 0.1) is 0 Å². The Hall–Kier alpha value is -1.06. The SMILES string of the molecule is CCOCC(C)NC(CC)c1ccc(O)cc1. The van der Waals surface area contributed by atoms with Crippen molar-refractivity contribution < 1.29 is 9.84 Å². The summed E-state index contributed by atoms with van der Waals surface area (Å²) in [5, 5.41) is 12.8. The van der Waals surface area contributed by atoms with Crippen molar-refractivity contribution in [1.29, 1.82) is 0 Å². The fourth-order valence-electron chi connectivity index (χ4n) is 1.84. The van der Waals surface area contributed by atoms with E-state index < -0.39 is 0 Å². The molecule has 0 amide bonds. The number of nitrogens with one attached hydrogen (secondary N) is 1. The van der Waals surface area contributed by atoms with E-state index in [1.54, 1.807) is 12.1 Å². The highest BCUT2D eigenvalue weighted by molar-refractivity contribution is 5.28. The molecular weight excluding hydrogens is 214 g/mol. The molecule has 0 aromatic heterocycles. The van der Waals surface area contributed by atoms with E-state index in [1.807, 2.05) is 19.1 Å². The Labute approximate surface area is 104 Å². The summed E-state index contributed by atoms with van der Waals surface area (Å²) in [6.45, 7) is 7.76. The number of phenols is 1. The lowest BCUT2D eigenvalue weighted by Crippen LogP contribution is -2.33. The van der Waals surface area contributed by atoms with Gasteiger partial charge in [-0.25, -0.2) is 0 Å². The molecule has 0 saturated heterocycles. The van der Waals surface area contributed by atoms with Crippen LogP contribution in [0.2, 0.25) is 0 Å². The van der Waals surface area contributed by atoms with Crippen LogP contribution in [0.1, 0.15) is 38.8 Å². The molecule has 0 aliphatic carbocycles. The summed E-state index contributed by atoms with van der Waals surface area (Å²) in [5.74, 6) is 0.311. The third-order valence-corrected chi connectivity index (χ3v) is 2.76. The number of rotatable bonds is 7. The zero-order chi connectivity index (χ0) is 12.7. The summed E-state index contributed by atoms with van der Waals surface area (Å²) in [6, 6.07) is 8.02. The van der Waals surface area contributed by atoms with Crippen molar-refractivity contribution in [3.05, 3.63) is 29.8 Å². The first kappa shape index (κ1) is 14.0. The second-order valence-corrected chi connectivity index (χ2v) is 4.28. The van der Waals surface area contributed by atoms with Crippen LogP contribution in [0.15, 0.2) is 24.3 Å². The number of ether oxygens (including phenoxy) is 1. The van der Waals surface area contributed by atoms with E-state index >= 15 is 0 Å². The molecule has 17 heavy (non-hydrogen) atoms. The molecule has 2 atom stereocenters. The molecular formula is C14H23NO2. The minimum absolute atomic E-state index is 0.311. The van der Waals surface area contributed by atoms with Crippen molar-refractivity contribution in [2.45, 2.75) is 39.3 Å². The Morgan fingerprint density at radius 2 is 1.88 bits per heavy atom. The van der Waals surface area contributed by atoms with Gasteiger partial charge in [0.15, 0.2) is 0 Å². The Morgan fingerprint density at radius 1 is 1.24 bits per heavy atom. The maximum absolute atomic E-state index is 9.27. The van der Waals surface area contributed by atoms with Crippen LogP contribution in [0.25, 0.3) is 0 Å². The Morgan fingerprint density at radius 3 is 2.41 bits per heavy atom. The van der Waals surface area contributed by atoms with Crippen molar-refractivity contribution in [3.63, 3.8) is 0 Å². The summed E-state index contributed by atoms with van der Waals surface area (Å²) in [7, 11) is 0. The van der Waals surface area contributed by atoms with Crippen LogP contribution in [-0.2, 0) is 4.74 Å². The van der Waals surface area contributed by atoms with Gasteiger partial charge in [0.25, 0.3) is 0 Å². The van der Waals surface area contributed by atoms with Crippen LogP contribution in [0.4, 0.5) is 0 Å². The first-order chi connectivity index (χ1) is 8.17. The van der Waals surface area contributed by atoms with Gasteiger partial charge in [-0.05, 0) is 38.0 Å². The number of hydrogen-bond acceptors (Lipinski definition) is 3. The van der Waals surface area contributed by atoms with Gasteiger partial charge in [0, 0.05) is 18.7 Å². The highest BCUT2D eigenvalue weighted by Gasteiger charge is 2.12. The molecule has 0 saturated carbocycles. The van der Waals surface area contributed by atoms with Gasteiger partial charge in [0.05, 0.1) is 6.61 Å². The third-order valence-electron chi connectivity index (χ3n) is 2.76. The van der Waals surface area contributed by atoms with Crippen molar-refractivity contribution in [3.8, 4) is 5.75 Å². The van der Waals surface area contributed by atoms with Gasteiger partial charge in [-0.1, -0.05) is 19.1 Å². The summed E-state index contributed by atoms with van der Waals surface area (Å²) in [6.07, 6.45) is 1.02. The molecule has 0 aliphatic heterocycles. The van der Waals surface area contributed by atoms with Gasteiger partial charge in [-0.2, -0.15) is 0 Å². The Kier molecular flexibility index (Phi) is 6.01. The lowest BCUT2D eigenvalue weighted by Gasteiger charge is -2.22. The molecule has 0 aliphatic rings. The molecule has 0 heterocycles. The van der Waals surface area contributed by atoms with Crippen LogP contribution in [0.5, 0.6) is 5.75 Å². The van der Waals surface area contributed by atoms with Gasteiger partial charge in [0.1, 0.15) is 5.75 Å². The first-order valence-electron chi connectivity index (χ1n) is 6.30. The zero-order valence-electron chi connectivity index (χ0n) is 10.9. The summed E-state index contributed by atoms with van der Waals surface area (Å²) in [4.78, 5) is 0. The largest absolute Gasteiger partial charge is 0.508 e. The van der Waals surface area contributed by atoms with Gasteiger partial charge < -0.3 is 15.2 Å². The molecule has 0 spiro atoms. The average Bonchev–Trinajstić information content (AvgIpc) is 2.34. The van der Waals surface area contributed by atoms with Gasteiger partial charge >= 0.3 is 0 Å². The van der Waals surface area contributed by atoms with Crippen molar-refractivity contribution in [2.75, 3.05) is 13.2 Å². The van der Waals surface area contributed by atoms with Gasteiger partial charge in [-0.3, -0.25) is 0 Å². The maximum Gasteiger partial charge on any atom is 0.115 e. The number of benzene rings is 1. The second-order valence-electron chi connectivity index (χ2n) is 4.28. The molecule has 0 radical (unpaired) electrons. The van der Waals surface area contributed by atoms with Gasteiger partial charge in [-0.15, -0.1) is 0 Å². The fraction of sp³-hybridized carbons (Fsp3) is 0.571. The molecule has 1 aromatic carbocycles. The van der Waals surface area contributed by atoms with Crippen molar-refractivity contribution in [2.24, 2.45) is 0 Å². The van der Waals surface area contributed by atoms with Crippen LogP contribution >= 0.6 is 0 Å². The number of hydrogen-bond donors (Lipinski definition) is 2. The van der Waals surface area contributed by atoms with E-state index in [2.05, 4.69) is 19.2 Å². The predicted octanol–water partition coefficient (Wildman–Crippen LogP) is 2.86. The molecule has 2 N–H and O–H groups in total. The standard InChI is InChI=1S/C14H23NO2/c1-4-14(15-11(3)10-17-5-2)12-6-8-13(16)9-7-12/h6-9,11,14-16H,4-5,10H2,1-3H3. The van der Waals surface area contributed by atoms with Crippen molar-refractivity contribution in [1.82, 2.24) is 5.32 Å². The fourth-order valence-corrected chi connectivity index (χ4v) is 1.84. The monoisotopic (exact) mass is 237 g/mol. The van der Waals surface area contributed by atoms with Crippen LogP contribution in [-0.4, -0.2) is 24.4 Å². The molecule has 1 rings (SSSR count). The van der Waals surface area contributed by atoms with Crippen LogP contribution < -0.4 is 5.32 Å². The molecule has 3 nitrogen and oxygen atoms in total. The lowest BCUT2D eigenvalue weighted by molar-refractivity contribution is 0.123. The summed E-state index contributed by atoms with van der Waals surface area (Å²) in [5.41, 5.74) is 1.20. The average molecular weight is 237 g/mol. The predicted molar refractivity (Wildman–Crippen MR) is 70.2 cm³/mol. The Bertz CT molecular complexity index is 311. The smallest absolute Gasteiger partial charge is 0.115 e. The molecule has 3 heteroatoms. The maximum atomic E-state index is 9.27. The highest BCUT2D eigenvalue weighted by Crippen LogP contribution is 2.19. The quantitative estimate of drug-likeness (QED) is 0.766. The third kappa shape index (κ3) is 4.75. The minimum atomic E-state index is 0.311.